The van der Waals surface area contributed by atoms with Crippen LogP contribution in [0.1, 0.15) is 6.42 Å². The van der Waals surface area contributed by atoms with Crippen LogP contribution in [0, 0.1) is 0 Å². The van der Waals surface area contributed by atoms with Crippen molar-refractivity contribution in [3.63, 3.8) is 0 Å². The third kappa shape index (κ3) is 4.20. The second-order valence-electron chi connectivity index (χ2n) is 3.42. The van der Waals surface area contributed by atoms with Crippen LogP contribution in [0.25, 0.3) is 0 Å². The Balaban J connectivity index is 2.57. The van der Waals surface area contributed by atoms with Crippen molar-refractivity contribution >= 4 is 45.4 Å². The van der Waals surface area contributed by atoms with Crippen LogP contribution in [0.15, 0.2) is 12.1 Å². The molecule has 0 saturated carbocycles. The molecule has 0 amide bonds. The number of nitrogen functional groups attached to an aromatic ring is 1. The lowest BCUT2D eigenvalue weighted by Gasteiger charge is -2.10. The van der Waals surface area contributed by atoms with Gasteiger partial charge in [-0.15, -0.1) is 0 Å². The fourth-order valence-corrected chi connectivity index (χ4v) is 2.44. The number of anilines is 2. The molecular formula is C10H14Cl2N2OS. The van der Waals surface area contributed by atoms with E-state index < -0.39 is 10.8 Å². The summed E-state index contributed by atoms with van der Waals surface area (Å²) in [6.45, 7) is 0.683. The maximum Gasteiger partial charge on any atom is 0.0720 e. The molecule has 1 rings (SSSR count). The van der Waals surface area contributed by atoms with Gasteiger partial charge in [0.1, 0.15) is 0 Å². The van der Waals surface area contributed by atoms with Crippen molar-refractivity contribution in [2.75, 3.05) is 29.6 Å². The van der Waals surface area contributed by atoms with E-state index in [0.717, 1.165) is 6.42 Å². The standard InChI is InChI=1S/C10H14Cl2N2OS/c1-16(15)4-2-3-14-10-8(11)5-7(13)6-9(10)12/h5-6,14H,2-4,13H2,1H3. The summed E-state index contributed by atoms with van der Waals surface area (Å²) in [6, 6.07) is 3.29. The normalized spacial score (nSPS) is 12.4. The van der Waals surface area contributed by atoms with Crippen molar-refractivity contribution in [2.45, 2.75) is 6.42 Å². The minimum absolute atomic E-state index is 0.502. The number of benzene rings is 1. The molecule has 3 N–H and O–H groups in total. The Morgan fingerprint density at radius 2 is 1.94 bits per heavy atom. The lowest BCUT2D eigenvalue weighted by atomic mass is 10.2. The SMILES string of the molecule is CS(=O)CCCNc1c(Cl)cc(N)cc1Cl. The zero-order valence-corrected chi connectivity index (χ0v) is 11.3. The van der Waals surface area contributed by atoms with E-state index in [1.54, 1.807) is 18.4 Å². The van der Waals surface area contributed by atoms with Gasteiger partial charge in [-0.3, -0.25) is 4.21 Å². The van der Waals surface area contributed by atoms with Crippen LogP contribution < -0.4 is 11.1 Å². The molecular weight excluding hydrogens is 267 g/mol. The molecule has 0 aliphatic rings. The van der Waals surface area contributed by atoms with Crippen molar-refractivity contribution in [3.8, 4) is 0 Å². The summed E-state index contributed by atoms with van der Waals surface area (Å²) in [5, 5.41) is 4.11. The van der Waals surface area contributed by atoms with Gasteiger partial charge in [-0.1, -0.05) is 23.2 Å². The first-order valence-corrected chi connectivity index (χ1v) is 7.27. The molecule has 1 atom stereocenters. The average Bonchev–Trinajstić information content (AvgIpc) is 2.14. The Morgan fingerprint density at radius 1 is 1.38 bits per heavy atom. The first kappa shape index (κ1) is 13.6. The highest BCUT2D eigenvalue weighted by atomic mass is 35.5. The summed E-state index contributed by atoms with van der Waals surface area (Å²) in [7, 11) is -0.764. The zero-order valence-electron chi connectivity index (χ0n) is 8.93. The van der Waals surface area contributed by atoms with Gasteiger partial charge in [0.05, 0.1) is 15.7 Å². The number of halogens is 2. The molecule has 1 unspecified atom stereocenters. The molecule has 0 fully saturated rings. The highest BCUT2D eigenvalue weighted by Crippen LogP contribution is 2.32. The fourth-order valence-electron chi connectivity index (χ4n) is 1.25. The predicted molar refractivity (Wildman–Crippen MR) is 72.9 cm³/mol. The maximum atomic E-state index is 10.8. The Bertz CT molecular complexity index is 375. The molecule has 0 heterocycles. The Kier molecular flexibility index (Phi) is 5.38. The minimum Gasteiger partial charge on any atom is -0.399 e. The third-order valence-electron chi connectivity index (χ3n) is 1.97. The largest absolute Gasteiger partial charge is 0.399 e. The summed E-state index contributed by atoms with van der Waals surface area (Å²) in [5.74, 6) is 0.664. The summed E-state index contributed by atoms with van der Waals surface area (Å²) in [5.41, 5.74) is 6.80. The molecule has 0 aliphatic heterocycles. The van der Waals surface area contributed by atoms with Gasteiger partial charge in [0, 0.05) is 35.0 Å². The number of nitrogens with two attached hydrogens (primary N) is 1. The van der Waals surface area contributed by atoms with Crippen molar-refractivity contribution in [2.24, 2.45) is 0 Å². The van der Waals surface area contributed by atoms with E-state index in [4.69, 9.17) is 28.9 Å². The lowest BCUT2D eigenvalue weighted by molar-refractivity contribution is 0.685. The van der Waals surface area contributed by atoms with Crippen LogP contribution in [0.2, 0.25) is 10.0 Å². The maximum absolute atomic E-state index is 10.8. The number of rotatable bonds is 5. The lowest BCUT2D eigenvalue weighted by Crippen LogP contribution is -2.07. The smallest absolute Gasteiger partial charge is 0.0720 e. The first-order valence-electron chi connectivity index (χ1n) is 4.79. The van der Waals surface area contributed by atoms with Gasteiger partial charge in [-0.2, -0.15) is 0 Å². The second kappa shape index (κ2) is 6.33. The third-order valence-corrected chi connectivity index (χ3v) is 3.43. The summed E-state index contributed by atoms with van der Waals surface area (Å²) in [6.07, 6.45) is 2.49. The van der Waals surface area contributed by atoms with Crippen LogP contribution in [-0.4, -0.2) is 22.8 Å². The van der Waals surface area contributed by atoms with Crippen LogP contribution in [-0.2, 0) is 10.8 Å². The quantitative estimate of drug-likeness (QED) is 0.644. The molecule has 90 valence electrons. The minimum atomic E-state index is -0.764. The average molecular weight is 281 g/mol. The van der Waals surface area contributed by atoms with Gasteiger partial charge in [0.15, 0.2) is 0 Å². The predicted octanol–water partition coefficient (Wildman–Crippen LogP) is 2.76. The molecule has 0 saturated heterocycles. The van der Waals surface area contributed by atoms with Crippen molar-refractivity contribution < 1.29 is 4.21 Å². The number of nitrogens with one attached hydrogen (secondary N) is 1. The molecule has 0 bridgehead atoms. The van der Waals surface area contributed by atoms with Gasteiger partial charge in [-0.25, -0.2) is 0 Å². The highest BCUT2D eigenvalue weighted by Gasteiger charge is 2.06. The number of hydrogen-bond donors (Lipinski definition) is 2. The van der Waals surface area contributed by atoms with Gasteiger partial charge in [0.25, 0.3) is 0 Å². The molecule has 0 spiro atoms. The van der Waals surface area contributed by atoms with E-state index in [-0.39, 0.29) is 0 Å². The molecule has 1 aromatic carbocycles. The molecule has 16 heavy (non-hydrogen) atoms. The van der Waals surface area contributed by atoms with Crippen LogP contribution in [0.3, 0.4) is 0 Å². The van der Waals surface area contributed by atoms with Gasteiger partial charge >= 0.3 is 0 Å². The Hall–Kier alpha value is -0.450. The van der Waals surface area contributed by atoms with Gasteiger partial charge < -0.3 is 11.1 Å². The van der Waals surface area contributed by atoms with E-state index >= 15 is 0 Å². The summed E-state index contributed by atoms with van der Waals surface area (Å²) >= 11 is 12.0. The fraction of sp³-hybridized carbons (Fsp3) is 0.400. The molecule has 0 aromatic heterocycles. The highest BCUT2D eigenvalue weighted by molar-refractivity contribution is 7.84. The number of hydrogen-bond acceptors (Lipinski definition) is 3. The van der Waals surface area contributed by atoms with Gasteiger partial charge in [0.2, 0.25) is 0 Å². The van der Waals surface area contributed by atoms with Crippen LogP contribution in [0.5, 0.6) is 0 Å². The summed E-state index contributed by atoms with van der Waals surface area (Å²) in [4.78, 5) is 0. The van der Waals surface area contributed by atoms with E-state index in [1.807, 2.05) is 0 Å². The molecule has 0 aliphatic carbocycles. The van der Waals surface area contributed by atoms with Gasteiger partial charge in [-0.05, 0) is 18.6 Å². The Labute approximate surface area is 108 Å². The van der Waals surface area contributed by atoms with E-state index in [1.165, 1.54) is 0 Å². The van der Waals surface area contributed by atoms with E-state index in [0.29, 0.717) is 33.7 Å². The molecule has 0 radical (unpaired) electrons. The topological polar surface area (TPSA) is 55.1 Å². The monoisotopic (exact) mass is 280 g/mol. The van der Waals surface area contributed by atoms with E-state index in [9.17, 15) is 4.21 Å². The van der Waals surface area contributed by atoms with Crippen molar-refractivity contribution in [1.82, 2.24) is 0 Å². The van der Waals surface area contributed by atoms with Crippen molar-refractivity contribution in [1.29, 1.82) is 0 Å². The van der Waals surface area contributed by atoms with E-state index in [2.05, 4.69) is 5.32 Å². The first-order chi connectivity index (χ1) is 7.50. The molecule has 1 aromatic rings. The van der Waals surface area contributed by atoms with Crippen LogP contribution >= 0.6 is 23.2 Å². The van der Waals surface area contributed by atoms with Crippen molar-refractivity contribution in [3.05, 3.63) is 22.2 Å². The summed E-state index contributed by atoms with van der Waals surface area (Å²) < 4.78 is 10.8. The van der Waals surface area contributed by atoms with Crippen LogP contribution in [0.4, 0.5) is 11.4 Å². The second-order valence-corrected chi connectivity index (χ2v) is 5.79. The zero-order chi connectivity index (χ0) is 12.1. The Morgan fingerprint density at radius 3 is 2.44 bits per heavy atom. The molecule has 3 nitrogen and oxygen atoms in total. The molecule has 6 heteroatoms.